The molecule has 0 fully saturated rings. The van der Waals surface area contributed by atoms with Crippen LogP contribution in [-0.4, -0.2) is 12.9 Å². The standard InChI is InChI=1S/C16H18O3/c1-5-13-6-7-14(19-13)15(17)12-8-10(2)16(18-4)11(3)9-12/h6-9H,5H2,1-4H3. The van der Waals surface area contributed by atoms with Crippen molar-refractivity contribution >= 4 is 5.78 Å². The van der Waals surface area contributed by atoms with Gasteiger partial charge in [-0.15, -0.1) is 0 Å². The van der Waals surface area contributed by atoms with Crippen molar-refractivity contribution in [3.63, 3.8) is 0 Å². The summed E-state index contributed by atoms with van der Waals surface area (Å²) in [5.41, 5.74) is 2.54. The summed E-state index contributed by atoms with van der Waals surface area (Å²) in [5.74, 6) is 1.95. The van der Waals surface area contributed by atoms with Gasteiger partial charge >= 0.3 is 0 Å². The largest absolute Gasteiger partial charge is 0.496 e. The Labute approximate surface area is 113 Å². The topological polar surface area (TPSA) is 39.4 Å². The second kappa shape index (κ2) is 5.31. The van der Waals surface area contributed by atoms with E-state index in [9.17, 15) is 4.79 Å². The summed E-state index contributed by atoms with van der Waals surface area (Å²) < 4.78 is 10.8. The smallest absolute Gasteiger partial charge is 0.228 e. The number of ketones is 1. The molecular weight excluding hydrogens is 240 g/mol. The first-order valence-electron chi connectivity index (χ1n) is 6.35. The lowest BCUT2D eigenvalue weighted by Crippen LogP contribution is -2.02. The van der Waals surface area contributed by atoms with Gasteiger partial charge in [0.25, 0.3) is 0 Å². The first kappa shape index (κ1) is 13.4. The van der Waals surface area contributed by atoms with Crippen LogP contribution in [0.15, 0.2) is 28.7 Å². The molecule has 0 aliphatic rings. The number of benzene rings is 1. The molecular formula is C16H18O3. The molecule has 2 aromatic rings. The average molecular weight is 258 g/mol. The Balaban J connectivity index is 2.39. The van der Waals surface area contributed by atoms with E-state index in [0.29, 0.717) is 11.3 Å². The van der Waals surface area contributed by atoms with Gasteiger partial charge < -0.3 is 9.15 Å². The molecule has 1 aromatic heterocycles. The highest BCUT2D eigenvalue weighted by molar-refractivity contribution is 6.07. The fraction of sp³-hybridized carbons (Fsp3) is 0.312. The van der Waals surface area contributed by atoms with Gasteiger partial charge in [0.05, 0.1) is 7.11 Å². The molecule has 3 heteroatoms. The monoisotopic (exact) mass is 258 g/mol. The number of carbonyl (C=O) groups excluding carboxylic acids is 1. The molecule has 0 aliphatic heterocycles. The van der Waals surface area contributed by atoms with Crippen LogP contribution in [0.4, 0.5) is 0 Å². The summed E-state index contributed by atoms with van der Waals surface area (Å²) in [7, 11) is 1.64. The minimum atomic E-state index is -0.0893. The summed E-state index contributed by atoms with van der Waals surface area (Å²) in [5, 5.41) is 0. The van der Waals surface area contributed by atoms with E-state index in [2.05, 4.69) is 0 Å². The zero-order valence-electron chi connectivity index (χ0n) is 11.7. The predicted molar refractivity (Wildman–Crippen MR) is 74.0 cm³/mol. The highest BCUT2D eigenvalue weighted by Gasteiger charge is 2.16. The van der Waals surface area contributed by atoms with E-state index in [-0.39, 0.29) is 5.78 Å². The minimum Gasteiger partial charge on any atom is -0.496 e. The lowest BCUT2D eigenvalue weighted by atomic mass is 10.0. The van der Waals surface area contributed by atoms with Gasteiger partial charge in [-0.25, -0.2) is 0 Å². The lowest BCUT2D eigenvalue weighted by Gasteiger charge is -2.10. The second-order valence-corrected chi connectivity index (χ2v) is 4.59. The lowest BCUT2D eigenvalue weighted by molar-refractivity contribution is 0.101. The van der Waals surface area contributed by atoms with Gasteiger partial charge in [-0.3, -0.25) is 4.79 Å². The Hall–Kier alpha value is -2.03. The number of hydrogen-bond acceptors (Lipinski definition) is 3. The summed E-state index contributed by atoms with van der Waals surface area (Å²) in [4.78, 5) is 12.3. The maximum absolute atomic E-state index is 12.3. The molecule has 0 N–H and O–H groups in total. The molecule has 2 rings (SSSR count). The SMILES string of the molecule is CCc1ccc(C(=O)c2cc(C)c(OC)c(C)c2)o1. The van der Waals surface area contributed by atoms with E-state index in [4.69, 9.17) is 9.15 Å². The van der Waals surface area contributed by atoms with Crippen molar-refractivity contribution in [2.45, 2.75) is 27.2 Å². The highest BCUT2D eigenvalue weighted by atomic mass is 16.5. The van der Waals surface area contributed by atoms with Gasteiger partial charge in [-0.1, -0.05) is 6.92 Å². The zero-order valence-corrected chi connectivity index (χ0v) is 11.7. The van der Waals surface area contributed by atoms with Crippen LogP contribution in [-0.2, 0) is 6.42 Å². The van der Waals surface area contributed by atoms with Crippen LogP contribution in [0.5, 0.6) is 5.75 Å². The van der Waals surface area contributed by atoms with Crippen molar-refractivity contribution in [2.75, 3.05) is 7.11 Å². The van der Waals surface area contributed by atoms with E-state index >= 15 is 0 Å². The molecule has 0 radical (unpaired) electrons. The predicted octanol–water partition coefficient (Wildman–Crippen LogP) is 3.70. The minimum absolute atomic E-state index is 0.0893. The van der Waals surface area contributed by atoms with E-state index < -0.39 is 0 Å². The van der Waals surface area contributed by atoms with Crippen molar-refractivity contribution in [3.8, 4) is 5.75 Å². The fourth-order valence-electron chi connectivity index (χ4n) is 2.24. The molecule has 0 saturated heterocycles. The van der Waals surface area contributed by atoms with E-state index in [1.165, 1.54) is 0 Å². The van der Waals surface area contributed by atoms with Crippen LogP contribution in [0.2, 0.25) is 0 Å². The molecule has 0 saturated carbocycles. The van der Waals surface area contributed by atoms with Crippen LogP contribution in [0, 0.1) is 13.8 Å². The van der Waals surface area contributed by atoms with Crippen LogP contribution < -0.4 is 4.74 Å². The molecule has 100 valence electrons. The molecule has 0 amide bonds. The van der Waals surface area contributed by atoms with Gasteiger partial charge in [0.15, 0.2) is 5.76 Å². The summed E-state index contributed by atoms with van der Waals surface area (Å²) >= 11 is 0. The summed E-state index contributed by atoms with van der Waals surface area (Å²) in [6, 6.07) is 7.25. The van der Waals surface area contributed by atoms with E-state index in [1.807, 2.05) is 39.0 Å². The van der Waals surface area contributed by atoms with Crippen LogP contribution >= 0.6 is 0 Å². The maximum Gasteiger partial charge on any atom is 0.228 e. The normalized spacial score (nSPS) is 10.5. The first-order chi connectivity index (χ1) is 9.06. The van der Waals surface area contributed by atoms with E-state index in [0.717, 1.165) is 29.1 Å². The third-order valence-corrected chi connectivity index (χ3v) is 3.16. The molecule has 0 atom stereocenters. The van der Waals surface area contributed by atoms with Gasteiger partial charge in [-0.05, 0) is 49.2 Å². The molecule has 0 unspecified atom stereocenters. The van der Waals surface area contributed by atoms with Gasteiger partial charge in [0.1, 0.15) is 11.5 Å². The average Bonchev–Trinajstić information content (AvgIpc) is 2.86. The molecule has 0 bridgehead atoms. The molecule has 0 spiro atoms. The fourth-order valence-corrected chi connectivity index (χ4v) is 2.24. The molecule has 1 heterocycles. The Morgan fingerprint density at radius 3 is 2.32 bits per heavy atom. The number of rotatable bonds is 4. The summed E-state index contributed by atoms with van der Waals surface area (Å²) in [6.07, 6.45) is 0.786. The Kier molecular flexibility index (Phi) is 3.74. The Morgan fingerprint density at radius 2 is 1.84 bits per heavy atom. The van der Waals surface area contributed by atoms with Gasteiger partial charge in [0, 0.05) is 12.0 Å². The van der Waals surface area contributed by atoms with Crippen molar-refractivity contribution in [1.29, 1.82) is 0 Å². The van der Waals surface area contributed by atoms with Crippen molar-refractivity contribution in [2.24, 2.45) is 0 Å². The van der Waals surface area contributed by atoms with Gasteiger partial charge in [-0.2, -0.15) is 0 Å². The van der Waals surface area contributed by atoms with Crippen molar-refractivity contribution in [3.05, 3.63) is 52.5 Å². The van der Waals surface area contributed by atoms with E-state index in [1.54, 1.807) is 13.2 Å². The van der Waals surface area contributed by atoms with Crippen molar-refractivity contribution in [1.82, 2.24) is 0 Å². The maximum atomic E-state index is 12.3. The van der Waals surface area contributed by atoms with Crippen molar-refractivity contribution < 1.29 is 13.9 Å². The quantitative estimate of drug-likeness (QED) is 0.785. The molecule has 0 aliphatic carbocycles. The third-order valence-electron chi connectivity index (χ3n) is 3.16. The number of furan rings is 1. The van der Waals surface area contributed by atoms with Crippen LogP contribution in [0.3, 0.4) is 0 Å². The molecule has 3 nitrogen and oxygen atoms in total. The second-order valence-electron chi connectivity index (χ2n) is 4.59. The number of methoxy groups -OCH3 is 1. The molecule has 1 aromatic carbocycles. The van der Waals surface area contributed by atoms with Crippen LogP contribution in [0.1, 0.15) is 39.9 Å². The Bertz CT molecular complexity index is 585. The number of carbonyl (C=O) groups is 1. The van der Waals surface area contributed by atoms with Crippen LogP contribution in [0.25, 0.3) is 0 Å². The number of ether oxygens (including phenoxy) is 1. The third kappa shape index (κ3) is 2.55. The Morgan fingerprint density at radius 1 is 1.21 bits per heavy atom. The zero-order chi connectivity index (χ0) is 14.0. The highest BCUT2D eigenvalue weighted by Crippen LogP contribution is 2.26. The number of hydrogen-bond donors (Lipinski definition) is 0. The first-order valence-corrected chi connectivity index (χ1v) is 6.35. The summed E-state index contributed by atoms with van der Waals surface area (Å²) in [6.45, 7) is 5.86. The number of aryl methyl sites for hydroxylation is 3. The molecule has 19 heavy (non-hydrogen) atoms. The van der Waals surface area contributed by atoms with Gasteiger partial charge in [0.2, 0.25) is 5.78 Å².